The second-order valence-corrected chi connectivity index (χ2v) is 9.71. The predicted octanol–water partition coefficient (Wildman–Crippen LogP) is 3.99. The molecular formula is C22H32F3N5O2. The molecule has 0 aliphatic heterocycles. The van der Waals surface area contributed by atoms with E-state index in [-0.39, 0.29) is 42.3 Å². The van der Waals surface area contributed by atoms with Gasteiger partial charge in [-0.15, -0.1) is 0 Å². The van der Waals surface area contributed by atoms with Crippen LogP contribution in [0, 0.1) is 11.8 Å². The average Bonchev–Trinajstić information content (AvgIpc) is 3.40. The van der Waals surface area contributed by atoms with Crippen LogP contribution in [-0.4, -0.2) is 44.8 Å². The number of nitrogens with zero attached hydrogens (tertiary/aromatic N) is 2. The Morgan fingerprint density at radius 3 is 2.41 bits per heavy atom. The number of primary amides is 1. The Balaban J connectivity index is 1.60. The number of carbonyl (C=O) groups excluding carboxylic acids is 1. The topological polar surface area (TPSA) is 113 Å². The van der Waals surface area contributed by atoms with E-state index in [1.54, 1.807) is 0 Å². The van der Waals surface area contributed by atoms with Crippen LogP contribution in [0.2, 0.25) is 0 Å². The summed E-state index contributed by atoms with van der Waals surface area (Å²) in [5, 5.41) is 16.2. The summed E-state index contributed by atoms with van der Waals surface area (Å²) in [6.45, 7) is 0. The number of amides is 1. The van der Waals surface area contributed by atoms with E-state index in [2.05, 4.69) is 20.6 Å². The van der Waals surface area contributed by atoms with E-state index < -0.39 is 23.5 Å². The van der Waals surface area contributed by atoms with Crippen LogP contribution in [-0.2, 0) is 0 Å². The first-order valence-corrected chi connectivity index (χ1v) is 11.6. The molecule has 1 aromatic rings. The first-order chi connectivity index (χ1) is 15.2. The molecule has 2 unspecified atom stereocenters. The van der Waals surface area contributed by atoms with Crippen molar-refractivity contribution in [3.63, 3.8) is 0 Å². The van der Waals surface area contributed by atoms with E-state index in [1.807, 2.05) is 0 Å². The van der Waals surface area contributed by atoms with Crippen molar-refractivity contribution in [2.75, 3.05) is 10.6 Å². The number of hydrogen-bond donors (Lipinski definition) is 4. The van der Waals surface area contributed by atoms with Crippen LogP contribution in [0.5, 0.6) is 0 Å². The highest BCUT2D eigenvalue weighted by Crippen LogP contribution is 2.52. The lowest BCUT2D eigenvalue weighted by Crippen LogP contribution is -2.44. The van der Waals surface area contributed by atoms with Crippen LogP contribution < -0.4 is 16.4 Å². The van der Waals surface area contributed by atoms with E-state index in [9.17, 15) is 23.1 Å². The minimum atomic E-state index is -4.24. The summed E-state index contributed by atoms with van der Waals surface area (Å²) in [6, 6.07) is 0.0931. The Morgan fingerprint density at radius 1 is 1.12 bits per heavy atom. The average molecular weight is 456 g/mol. The number of aliphatic hydroxyl groups excluding tert-OH is 1. The highest BCUT2D eigenvalue weighted by Gasteiger charge is 2.54. The second-order valence-electron chi connectivity index (χ2n) is 9.71. The quantitative estimate of drug-likeness (QED) is 0.516. The fourth-order valence-electron chi connectivity index (χ4n) is 5.79. The first kappa shape index (κ1) is 23.1. The Morgan fingerprint density at radius 2 is 1.81 bits per heavy atom. The summed E-state index contributed by atoms with van der Waals surface area (Å²) in [6.07, 6.45) is 3.88. The van der Waals surface area contributed by atoms with Gasteiger partial charge in [0.25, 0.3) is 5.91 Å². The van der Waals surface area contributed by atoms with Crippen molar-refractivity contribution in [2.24, 2.45) is 17.6 Å². The molecule has 0 saturated heterocycles. The van der Waals surface area contributed by atoms with Gasteiger partial charge in [-0.25, -0.2) is 4.98 Å². The second kappa shape index (κ2) is 9.03. The molecule has 32 heavy (non-hydrogen) atoms. The molecule has 1 heterocycles. The number of aliphatic hydroxyl groups is 1. The number of carbonyl (C=O) groups is 1. The summed E-state index contributed by atoms with van der Waals surface area (Å²) in [5.74, 6) is -1.46. The van der Waals surface area contributed by atoms with Crippen LogP contribution in [0.25, 0.3) is 0 Å². The Labute approximate surface area is 185 Å². The number of hydrogen-bond acceptors (Lipinski definition) is 6. The molecule has 0 spiro atoms. The van der Waals surface area contributed by atoms with E-state index in [0.717, 1.165) is 38.5 Å². The maximum Gasteiger partial charge on any atom is 0.391 e. The highest BCUT2D eigenvalue weighted by atomic mass is 19.4. The van der Waals surface area contributed by atoms with E-state index in [1.165, 1.54) is 6.20 Å². The largest absolute Gasteiger partial charge is 0.393 e. The van der Waals surface area contributed by atoms with Gasteiger partial charge in [-0.3, -0.25) is 4.79 Å². The smallest absolute Gasteiger partial charge is 0.391 e. The molecule has 0 radical (unpaired) electrons. The number of halogens is 3. The zero-order valence-corrected chi connectivity index (χ0v) is 18.1. The maximum atomic E-state index is 13.5. The van der Waals surface area contributed by atoms with Crippen molar-refractivity contribution in [3.05, 3.63) is 11.8 Å². The minimum absolute atomic E-state index is 0.0212. The molecule has 10 heteroatoms. The normalized spacial score (nSPS) is 31.6. The third-order valence-corrected chi connectivity index (χ3v) is 7.60. The lowest BCUT2D eigenvalue weighted by Gasteiger charge is -2.38. The van der Waals surface area contributed by atoms with Gasteiger partial charge in [-0.1, -0.05) is 12.8 Å². The Bertz CT molecular complexity index is 822. The zero-order chi connectivity index (χ0) is 22.9. The van der Waals surface area contributed by atoms with Crippen LogP contribution in [0.3, 0.4) is 0 Å². The van der Waals surface area contributed by atoms with Crippen LogP contribution in [0.4, 0.5) is 24.9 Å². The van der Waals surface area contributed by atoms with Crippen molar-refractivity contribution < 1.29 is 23.1 Å². The molecule has 5 N–H and O–H groups in total. The van der Waals surface area contributed by atoms with Gasteiger partial charge in [-0.05, 0) is 63.7 Å². The van der Waals surface area contributed by atoms with Crippen LogP contribution in [0.1, 0.15) is 81.0 Å². The number of anilines is 2. The highest BCUT2D eigenvalue weighted by molar-refractivity contribution is 5.97. The molecule has 3 aliphatic rings. The summed E-state index contributed by atoms with van der Waals surface area (Å²) >= 11 is 0. The van der Waals surface area contributed by atoms with Gasteiger partial charge < -0.3 is 21.5 Å². The number of aromatic nitrogens is 2. The van der Waals surface area contributed by atoms with Crippen molar-refractivity contribution in [2.45, 2.75) is 94.5 Å². The predicted molar refractivity (Wildman–Crippen MR) is 114 cm³/mol. The number of nitrogens with one attached hydrogen (secondary N) is 2. The molecule has 2 atom stereocenters. The lowest BCUT2D eigenvalue weighted by molar-refractivity contribution is -0.173. The van der Waals surface area contributed by atoms with Gasteiger partial charge in [0.1, 0.15) is 5.82 Å². The maximum absolute atomic E-state index is 13.5. The van der Waals surface area contributed by atoms with E-state index in [0.29, 0.717) is 25.2 Å². The third-order valence-electron chi connectivity index (χ3n) is 7.60. The van der Waals surface area contributed by atoms with E-state index >= 15 is 0 Å². The van der Waals surface area contributed by atoms with Gasteiger partial charge >= 0.3 is 6.18 Å². The Hall–Kier alpha value is -2.10. The monoisotopic (exact) mass is 455 g/mol. The van der Waals surface area contributed by atoms with Gasteiger partial charge in [0, 0.05) is 17.8 Å². The van der Waals surface area contributed by atoms with Crippen LogP contribution >= 0.6 is 0 Å². The standard InChI is InChI=1S/C22H32F3N5O2/c23-22(24,25)14-9-10-21(11-14,13-3-1-2-4-13)30-19-17(18(26)32)12-27-20(29-19)28-15-5-7-16(31)8-6-15/h12-16,31H,1-11H2,(H2,26,32)(H2,27,28,29,30). The summed E-state index contributed by atoms with van der Waals surface area (Å²) < 4.78 is 40.6. The van der Waals surface area contributed by atoms with Crippen molar-refractivity contribution in [1.82, 2.24) is 9.97 Å². The SMILES string of the molecule is NC(=O)c1cnc(NC2CCC(O)CC2)nc1NC1(C2CCCC2)CCC(C(F)(F)F)C1. The summed E-state index contributed by atoms with van der Waals surface area (Å²) in [7, 11) is 0. The minimum Gasteiger partial charge on any atom is -0.393 e. The van der Waals surface area contributed by atoms with Gasteiger partial charge in [-0.2, -0.15) is 18.2 Å². The number of rotatable bonds is 6. The molecule has 178 valence electrons. The first-order valence-electron chi connectivity index (χ1n) is 11.6. The lowest BCUT2D eigenvalue weighted by atomic mass is 9.80. The molecule has 1 aromatic heterocycles. The van der Waals surface area contributed by atoms with Crippen molar-refractivity contribution >= 4 is 17.7 Å². The van der Waals surface area contributed by atoms with Crippen molar-refractivity contribution in [1.29, 1.82) is 0 Å². The summed E-state index contributed by atoms with van der Waals surface area (Å²) in [5.41, 5.74) is 4.87. The Kier molecular flexibility index (Phi) is 6.51. The zero-order valence-electron chi connectivity index (χ0n) is 18.1. The van der Waals surface area contributed by atoms with Gasteiger partial charge in [0.05, 0.1) is 17.6 Å². The molecule has 0 aromatic carbocycles. The van der Waals surface area contributed by atoms with Gasteiger partial charge in [0.15, 0.2) is 0 Å². The van der Waals surface area contributed by atoms with Crippen LogP contribution in [0.15, 0.2) is 6.20 Å². The number of alkyl halides is 3. The molecule has 1 amide bonds. The van der Waals surface area contributed by atoms with E-state index in [4.69, 9.17) is 5.73 Å². The third kappa shape index (κ3) is 4.94. The molecule has 3 aliphatic carbocycles. The summed E-state index contributed by atoms with van der Waals surface area (Å²) in [4.78, 5) is 20.8. The fourth-order valence-corrected chi connectivity index (χ4v) is 5.79. The fraction of sp³-hybridized carbons (Fsp3) is 0.773. The molecular weight excluding hydrogens is 423 g/mol. The molecule has 3 fully saturated rings. The van der Waals surface area contributed by atoms with Crippen molar-refractivity contribution in [3.8, 4) is 0 Å². The molecule has 4 rings (SSSR count). The number of nitrogens with two attached hydrogens (primary N) is 1. The molecule has 7 nitrogen and oxygen atoms in total. The molecule has 0 bridgehead atoms. The molecule has 3 saturated carbocycles. The van der Waals surface area contributed by atoms with Gasteiger partial charge in [0.2, 0.25) is 5.95 Å².